The lowest BCUT2D eigenvalue weighted by Gasteiger charge is -2.12. The number of aromatic nitrogens is 4. The molecule has 0 unspecified atom stereocenters. The van der Waals surface area contributed by atoms with E-state index in [1.54, 1.807) is 35.9 Å². The minimum absolute atomic E-state index is 0.0734. The second-order valence-electron chi connectivity index (χ2n) is 8.38. The zero-order chi connectivity index (χ0) is 24.9. The number of hydrogen-bond donors (Lipinski definition) is 2. The number of hydrazine groups is 1. The van der Waals surface area contributed by atoms with Crippen molar-refractivity contribution in [1.82, 2.24) is 30.4 Å². The molecule has 35 heavy (non-hydrogen) atoms. The molecule has 4 rings (SSSR count). The van der Waals surface area contributed by atoms with Crippen molar-refractivity contribution in [3.05, 3.63) is 87.6 Å². The summed E-state index contributed by atoms with van der Waals surface area (Å²) in [7, 11) is 0. The van der Waals surface area contributed by atoms with E-state index in [9.17, 15) is 14.4 Å². The molecule has 9 heteroatoms. The van der Waals surface area contributed by atoms with Gasteiger partial charge in [-0.1, -0.05) is 56.2 Å². The number of para-hydroxylation sites is 1. The van der Waals surface area contributed by atoms with Gasteiger partial charge in [0.1, 0.15) is 0 Å². The van der Waals surface area contributed by atoms with Crippen LogP contribution >= 0.6 is 0 Å². The Morgan fingerprint density at radius 2 is 1.60 bits per heavy atom. The normalized spacial score (nSPS) is 10.9. The van der Waals surface area contributed by atoms with E-state index in [1.807, 2.05) is 31.2 Å². The van der Waals surface area contributed by atoms with E-state index < -0.39 is 11.8 Å². The van der Waals surface area contributed by atoms with Gasteiger partial charge in [0.25, 0.3) is 17.4 Å². The lowest BCUT2D eigenvalue weighted by atomic mass is 10.1. The predicted octanol–water partition coefficient (Wildman–Crippen LogP) is 3.46. The predicted molar refractivity (Wildman–Crippen MR) is 133 cm³/mol. The van der Waals surface area contributed by atoms with Crippen molar-refractivity contribution < 1.29 is 9.59 Å². The van der Waals surface area contributed by atoms with E-state index >= 15 is 0 Å². The molecule has 180 valence electrons. The molecule has 0 bridgehead atoms. The third kappa shape index (κ3) is 4.84. The van der Waals surface area contributed by atoms with E-state index in [0.29, 0.717) is 28.6 Å². The first-order valence-electron chi connectivity index (χ1n) is 11.6. The molecule has 0 fully saturated rings. The van der Waals surface area contributed by atoms with E-state index in [-0.39, 0.29) is 11.3 Å². The number of hydrogen-bond acceptors (Lipinski definition) is 5. The minimum atomic E-state index is -0.609. The highest BCUT2D eigenvalue weighted by molar-refractivity contribution is 6.06. The summed E-state index contributed by atoms with van der Waals surface area (Å²) in [6.07, 6.45) is 4.20. The average Bonchev–Trinajstić information content (AvgIpc) is 3.25. The summed E-state index contributed by atoms with van der Waals surface area (Å²) in [6, 6.07) is 14.6. The van der Waals surface area contributed by atoms with E-state index in [2.05, 4.69) is 28.0 Å². The number of carbonyl (C=O) groups is 2. The monoisotopic (exact) mass is 472 g/mol. The molecule has 9 nitrogen and oxygen atoms in total. The van der Waals surface area contributed by atoms with Crippen LogP contribution in [0.2, 0.25) is 0 Å². The highest BCUT2D eigenvalue weighted by Gasteiger charge is 2.20. The fourth-order valence-electron chi connectivity index (χ4n) is 3.98. The van der Waals surface area contributed by atoms with Crippen molar-refractivity contribution in [3.63, 3.8) is 0 Å². The highest BCUT2D eigenvalue weighted by atomic mass is 16.2. The SMILES string of the molecule is CCCCCn1nc(C(=O)NNC(=O)c2cnn(-c3ccccc3C)c2C)c2ccccc2c1=O. The van der Waals surface area contributed by atoms with E-state index in [1.165, 1.54) is 10.9 Å². The summed E-state index contributed by atoms with van der Waals surface area (Å²) < 4.78 is 3.01. The van der Waals surface area contributed by atoms with Crippen molar-refractivity contribution in [2.45, 2.75) is 46.6 Å². The summed E-state index contributed by atoms with van der Waals surface area (Å²) in [5, 5.41) is 9.50. The molecule has 2 aromatic carbocycles. The lowest BCUT2D eigenvalue weighted by molar-refractivity contribution is 0.0843. The molecule has 0 atom stereocenters. The van der Waals surface area contributed by atoms with Gasteiger partial charge in [-0.05, 0) is 38.0 Å². The van der Waals surface area contributed by atoms with Gasteiger partial charge >= 0.3 is 0 Å². The molecule has 2 aromatic heterocycles. The smallest absolute Gasteiger partial charge is 0.267 e. The lowest BCUT2D eigenvalue weighted by Crippen LogP contribution is -2.43. The molecular formula is C26H28N6O3. The Morgan fingerprint density at radius 1 is 0.914 bits per heavy atom. The van der Waals surface area contributed by atoms with E-state index in [4.69, 9.17) is 0 Å². The van der Waals surface area contributed by atoms with Crippen LogP contribution in [0.25, 0.3) is 16.5 Å². The molecule has 0 saturated carbocycles. The molecule has 0 aliphatic rings. The van der Waals surface area contributed by atoms with Crippen LogP contribution in [0.4, 0.5) is 0 Å². The number of nitrogens with zero attached hydrogens (tertiary/aromatic N) is 4. The Morgan fingerprint density at radius 3 is 2.34 bits per heavy atom. The quantitative estimate of drug-likeness (QED) is 0.316. The molecular weight excluding hydrogens is 444 g/mol. The van der Waals surface area contributed by atoms with Gasteiger partial charge in [0.2, 0.25) is 0 Å². The third-order valence-electron chi connectivity index (χ3n) is 5.94. The average molecular weight is 473 g/mol. The van der Waals surface area contributed by atoms with Gasteiger partial charge in [-0.2, -0.15) is 10.2 Å². The van der Waals surface area contributed by atoms with Crippen LogP contribution in [-0.2, 0) is 6.54 Å². The van der Waals surface area contributed by atoms with Crippen LogP contribution in [0, 0.1) is 13.8 Å². The highest BCUT2D eigenvalue weighted by Crippen LogP contribution is 2.17. The van der Waals surface area contributed by atoms with Crippen LogP contribution in [-0.4, -0.2) is 31.4 Å². The molecule has 0 spiro atoms. The Hall–Kier alpha value is -4.27. The topological polar surface area (TPSA) is 111 Å². The summed E-state index contributed by atoms with van der Waals surface area (Å²) in [4.78, 5) is 38.7. The molecule has 2 N–H and O–H groups in total. The second kappa shape index (κ2) is 10.3. The van der Waals surface area contributed by atoms with Gasteiger partial charge < -0.3 is 0 Å². The first-order chi connectivity index (χ1) is 16.9. The fraction of sp³-hybridized carbons (Fsp3) is 0.269. The minimum Gasteiger partial charge on any atom is -0.267 e. The Kier molecular flexibility index (Phi) is 7.05. The number of amides is 2. The molecule has 0 aliphatic heterocycles. The number of benzene rings is 2. The molecule has 2 amide bonds. The van der Waals surface area contributed by atoms with Crippen molar-refractivity contribution >= 4 is 22.6 Å². The van der Waals surface area contributed by atoms with Gasteiger partial charge in [-0.3, -0.25) is 25.2 Å². The number of aryl methyl sites for hydroxylation is 2. The van der Waals surface area contributed by atoms with Crippen molar-refractivity contribution in [1.29, 1.82) is 0 Å². The summed E-state index contributed by atoms with van der Waals surface area (Å²) in [6.45, 7) is 6.25. The maximum atomic E-state index is 13.0. The maximum Gasteiger partial charge on any atom is 0.290 e. The van der Waals surface area contributed by atoms with Gasteiger partial charge in [0.05, 0.1) is 28.5 Å². The standard InChI is InChI=1S/C26H28N6O3/c1-4-5-10-15-31-26(35)20-13-8-7-12-19(20)23(30-31)25(34)29-28-24(33)21-16-27-32(18(21)3)22-14-9-6-11-17(22)2/h6-9,11-14,16H,4-5,10,15H2,1-3H3,(H,28,33)(H,29,34). The van der Waals surface area contributed by atoms with Gasteiger partial charge in [-0.15, -0.1) is 0 Å². The third-order valence-corrected chi connectivity index (χ3v) is 5.94. The second-order valence-corrected chi connectivity index (χ2v) is 8.38. The first kappa shape index (κ1) is 23.9. The molecule has 0 radical (unpaired) electrons. The summed E-state index contributed by atoms with van der Waals surface area (Å²) in [5.41, 5.74) is 7.58. The number of fused-ring (bicyclic) bond motifs is 1. The number of carbonyl (C=O) groups excluding carboxylic acids is 2. The molecule has 0 aliphatic carbocycles. The largest absolute Gasteiger partial charge is 0.290 e. The van der Waals surface area contributed by atoms with Gasteiger partial charge in [0, 0.05) is 11.9 Å². The zero-order valence-electron chi connectivity index (χ0n) is 20.0. The van der Waals surface area contributed by atoms with Crippen LogP contribution in [0.3, 0.4) is 0 Å². The van der Waals surface area contributed by atoms with Crippen LogP contribution in [0.1, 0.15) is 58.3 Å². The number of rotatable bonds is 7. The molecule has 4 aromatic rings. The van der Waals surface area contributed by atoms with Crippen molar-refractivity contribution in [2.75, 3.05) is 0 Å². The maximum absolute atomic E-state index is 13.0. The Labute approximate surface area is 202 Å². The van der Waals surface area contributed by atoms with E-state index in [0.717, 1.165) is 30.5 Å². The van der Waals surface area contributed by atoms with Crippen molar-refractivity contribution in [2.24, 2.45) is 0 Å². The Balaban J connectivity index is 1.55. The van der Waals surface area contributed by atoms with Crippen LogP contribution in [0.15, 0.2) is 59.5 Å². The van der Waals surface area contributed by atoms with Crippen molar-refractivity contribution in [3.8, 4) is 5.69 Å². The van der Waals surface area contributed by atoms with Gasteiger partial charge in [-0.25, -0.2) is 9.36 Å². The zero-order valence-corrected chi connectivity index (χ0v) is 20.0. The van der Waals surface area contributed by atoms with Crippen LogP contribution < -0.4 is 16.4 Å². The summed E-state index contributed by atoms with van der Waals surface area (Å²) >= 11 is 0. The number of unbranched alkanes of at least 4 members (excludes halogenated alkanes) is 2. The number of nitrogens with one attached hydrogen (secondary N) is 2. The Bertz CT molecular complexity index is 1450. The van der Waals surface area contributed by atoms with Crippen LogP contribution in [0.5, 0.6) is 0 Å². The van der Waals surface area contributed by atoms with Gasteiger partial charge in [0.15, 0.2) is 5.69 Å². The first-order valence-corrected chi connectivity index (χ1v) is 11.6. The summed E-state index contributed by atoms with van der Waals surface area (Å²) in [5.74, 6) is -1.11. The molecule has 0 saturated heterocycles. The molecule has 2 heterocycles. The fourth-order valence-corrected chi connectivity index (χ4v) is 3.98.